The Labute approximate surface area is 113 Å². The summed E-state index contributed by atoms with van der Waals surface area (Å²) in [7, 11) is 1.42. The third kappa shape index (κ3) is 2.73. The summed E-state index contributed by atoms with van der Waals surface area (Å²) in [5.74, 6) is -0.278. The fourth-order valence-corrected chi connectivity index (χ4v) is 2.79. The molecular weight excluding hydrogens is 240 g/mol. The molecule has 1 N–H and O–H groups in total. The van der Waals surface area contributed by atoms with Gasteiger partial charge in [0.05, 0.1) is 12.7 Å². The molecule has 102 valence electrons. The van der Waals surface area contributed by atoms with E-state index in [1.165, 1.54) is 26.5 Å². The normalized spacial score (nSPS) is 23.3. The van der Waals surface area contributed by atoms with Crippen LogP contribution in [0.2, 0.25) is 0 Å². The molecule has 0 radical (unpaired) electrons. The molecule has 0 bridgehead atoms. The summed E-state index contributed by atoms with van der Waals surface area (Å²) >= 11 is 0. The minimum absolute atomic E-state index is 0.278. The topological polar surface area (TPSA) is 41.6 Å². The maximum Gasteiger partial charge on any atom is 0.339 e. The van der Waals surface area contributed by atoms with Gasteiger partial charge in [0, 0.05) is 30.9 Å². The number of ether oxygens (including phenoxy) is 1. The van der Waals surface area contributed by atoms with Gasteiger partial charge in [0.2, 0.25) is 0 Å². The van der Waals surface area contributed by atoms with Crippen molar-refractivity contribution in [3.8, 4) is 0 Å². The summed E-state index contributed by atoms with van der Waals surface area (Å²) in [5.41, 5.74) is 1.51. The summed E-state index contributed by atoms with van der Waals surface area (Å²) in [4.78, 5) is 14.3. The molecular formula is C15H20N2O2. The van der Waals surface area contributed by atoms with Gasteiger partial charge in [0.1, 0.15) is 0 Å². The van der Waals surface area contributed by atoms with E-state index in [1.807, 2.05) is 24.3 Å². The summed E-state index contributed by atoms with van der Waals surface area (Å²) in [5, 5.41) is 3.49. The minimum atomic E-state index is -0.278. The molecule has 1 heterocycles. The maximum absolute atomic E-state index is 11.7. The zero-order chi connectivity index (χ0) is 13.2. The highest BCUT2D eigenvalue weighted by Crippen LogP contribution is 2.31. The van der Waals surface area contributed by atoms with E-state index in [1.54, 1.807) is 0 Å². The average Bonchev–Trinajstić information content (AvgIpc) is 3.19. The Bertz CT molecular complexity index is 471. The number of nitrogens with one attached hydrogen (secondary N) is 1. The van der Waals surface area contributed by atoms with E-state index in [9.17, 15) is 4.79 Å². The smallest absolute Gasteiger partial charge is 0.339 e. The van der Waals surface area contributed by atoms with Crippen molar-refractivity contribution in [3.63, 3.8) is 0 Å². The van der Waals surface area contributed by atoms with Crippen LogP contribution in [0.1, 0.15) is 29.6 Å². The molecule has 1 aliphatic heterocycles. The molecule has 0 amide bonds. The molecule has 1 atom stereocenters. The van der Waals surface area contributed by atoms with E-state index in [0.29, 0.717) is 11.6 Å². The largest absolute Gasteiger partial charge is 0.465 e. The van der Waals surface area contributed by atoms with Gasteiger partial charge in [-0.15, -0.1) is 0 Å². The minimum Gasteiger partial charge on any atom is -0.465 e. The van der Waals surface area contributed by atoms with Gasteiger partial charge in [0.25, 0.3) is 0 Å². The second-order valence-corrected chi connectivity index (χ2v) is 5.39. The fourth-order valence-electron chi connectivity index (χ4n) is 2.79. The number of nitrogens with zero attached hydrogens (tertiary/aromatic N) is 1. The highest BCUT2D eigenvalue weighted by atomic mass is 16.5. The average molecular weight is 260 g/mol. The molecule has 1 unspecified atom stereocenters. The molecule has 4 nitrogen and oxygen atoms in total. The van der Waals surface area contributed by atoms with E-state index in [4.69, 9.17) is 4.74 Å². The number of methoxy groups -OCH3 is 1. The van der Waals surface area contributed by atoms with Crippen LogP contribution in [0, 0.1) is 0 Å². The van der Waals surface area contributed by atoms with Gasteiger partial charge < -0.3 is 10.1 Å². The van der Waals surface area contributed by atoms with E-state index < -0.39 is 0 Å². The lowest BCUT2D eigenvalue weighted by Crippen LogP contribution is -2.28. The Balaban J connectivity index is 1.67. The van der Waals surface area contributed by atoms with Crippen molar-refractivity contribution >= 4 is 11.7 Å². The Morgan fingerprint density at radius 1 is 1.32 bits per heavy atom. The molecule has 19 heavy (non-hydrogen) atoms. The second kappa shape index (κ2) is 5.21. The molecule has 2 aliphatic rings. The molecule has 1 saturated heterocycles. The van der Waals surface area contributed by atoms with Crippen molar-refractivity contribution in [1.29, 1.82) is 0 Å². The summed E-state index contributed by atoms with van der Waals surface area (Å²) < 4.78 is 4.82. The van der Waals surface area contributed by atoms with Crippen LogP contribution in [-0.4, -0.2) is 43.2 Å². The lowest BCUT2D eigenvalue weighted by atomic mass is 10.1. The summed E-state index contributed by atoms with van der Waals surface area (Å²) in [6, 6.07) is 8.83. The molecule has 1 aliphatic carbocycles. The zero-order valence-electron chi connectivity index (χ0n) is 11.3. The Kier molecular flexibility index (Phi) is 3.42. The van der Waals surface area contributed by atoms with Crippen LogP contribution < -0.4 is 5.32 Å². The number of hydrogen-bond donors (Lipinski definition) is 1. The fraction of sp³-hybridized carbons (Fsp3) is 0.533. The van der Waals surface area contributed by atoms with Crippen LogP contribution in [0.3, 0.4) is 0 Å². The first kappa shape index (κ1) is 12.5. The second-order valence-electron chi connectivity index (χ2n) is 5.39. The number of para-hydroxylation sites is 1. The van der Waals surface area contributed by atoms with Crippen molar-refractivity contribution in [2.24, 2.45) is 0 Å². The molecule has 4 heteroatoms. The molecule has 0 spiro atoms. The van der Waals surface area contributed by atoms with Gasteiger partial charge in [-0.2, -0.15) is 0 Å². The molecule has 3 rings (SSSR count). The Hall–Kier alpha value is -1.55. The van der Waals surface area contributed by atoms with Crippen molar-refractivity contribution in [2.45, 2.75) is 31.3 Å². The molecule has 0 aromatic heterocycles. The lowest BCUT2D eigenvalue weighted by molar-refractivity contribution is 0.0602. The quantitative estimate of drug-likeness (QED) is 0.842. The number of anilines is 1. The predicted octanol–water partition coefficient (Wildman–Crippen LogP) is 2.12. The lowest BCUT2D eigenvalue weighted by Gasteiger charge is -2.18. The SMILES string of the molecule is COC(=O)c1ccccc1NC1CCN(C2CC2)C1. The third-order valence-corrected chi connectivity index (χ3v) is 3.97. The molecule has 1 aromatic rings. The van der Waals surface area contributed by atoms with Crippen LogP contribution in [0.25, 0.3) is 0 Å². The first-order chi connectivity index (χ1) is 9.28. The third-order valence-electron chi connectivity index (χ3n) is 3.97. The maximum atomic E-state index is 11.7. The van der Waals surface area contributed by atoms with Crippen molar-refractivity contribution in [3.05, 3.63) is 29.8 Å². The van der Waals surface area contributed by atoms with E-state index in [-0.39, 0.29) is 5.97 Å². The molecule has 2 fully saturated rings. The van der Waals surface area contributed by atoms with Gasteiger partial charge in [-0.25, -0.2) is 4.79 Å². The van der Waals surface area contributed by atoms with E-state index in [2.05, 4.69) is 10.2 Å². The first-order valence-corrected chi connectivity index (χ1v) is 6.96. The van der Waals surface area contributed by atoms with Gasteiger partial charge in [-0.3, -0.25) is 4.90 Å². The predicted molar refractivity (Wildman–Crippen MR) is 74.4 cm³/mol. The van der Waals surface area contributed by atoms with Crippen LogP contribution in [0.4, 0.5) is 5.69 Å². The number of likely N-dealkylation sites (tertiary alicyclic amines) is 1. The van der Waals surface area contributed by atoms with E-state index in [0.717, 1.165) is 24.7 Å². The molecule has 1 saturated carbocycles. The number of rotatable bonds is 4. The number of hydrogen-bond acceptors (Lipinski definition) is 4. The Morgan fingerprint density at radius 3 is 2.84 bits per heavy atom. The van der Waals surface area contributed by atoms with Crippen molar-refractivity contribution in [1.82, 2.24) is 4.90 Å². The first-order valence-electron chi connectivity index (χ1n) is 6.96. The number of carbonyl (C=O) groups is 1. The summed E-state index contributed by atoms with van der Waals surface area (Å²) in [6.45, 7) is 2.25. The standard InChI is InChI=1S/C15H20N2O2/c1-19-15(18)13-4-2-3-5-14(13)16-11-8-9-17(10-11)12-6-7-12/h2-5,11-12,16H,6-10H2,1H3. The van der Waals surface area contributed by atoms with Crippen molar-refractivity contribution < 1.29 is 9.53 Å². The monoisotopic (exact) mass is 260 g/mol. The number of esters is 1. The summed E-state index contributed by atoms with van der Waals surface area (Å²) in [6.07, 6.45) is 3.85. The highest BCUT2D eigenvalue weighted by Gasteiger charge is 2.34. The van der Waals surface area contributed by atoms with Crippen molar-refractivity contribution in [2.75, 3.05) is 25.5 Å². The van der Waals surface area contributed by atoms with Crippen LogP contribution in [0.15, 0.2) is 24.3 Å². The van der Waals surface area contributed by atoms with Crippen LogP contribution >= 0.6 is 0 Å². The van der Waals surface area contributed by atoms with Gasteiger partial charge in [0.15, 0.2) is 0 Å². The van der Waals surface area contributed by atoms with Gasteiger partial charge in [-0.05, 0) is 31.4 Å². The van der Waals surface area contributed by atoms with Crippen LogP contribution in [-0.2, 0) is 4.74 Å². The number of carbonyl (C=O) groups excluding carboxylic acids is 1. The zero-order valence-corrected chi connectivity index (χ0v) is 11.3. The van der Waals surface area contributed by atoms with Gasteiger partial charge in [-0.1, -0.05) is 12.1 Å². The van der Waals surface area contributed by atoms with E-state index >= 15 is 0 Å². The highest BCUT2D eigenvalue weighted by molar-refractivity contribution is 5.95. The Morgan fingerprint density at radius 2 is 2.11 bits per heavy atom. The number of benzene rings is 1. The van der Waals surface area contributed by atoms with Crippen LogP contribution in [0.5, 0.6) is 0 Å². The van der Waals surface area contributed by atoms with Gasteiger partial charge >= 0.3 is 5.97 Å². The molecule has 1 aromatic carbocycles.